The third-order valence-electron chi connectivity index (χ3n) is 3.99. The Bertz CT molecular complexity index is 977. The Balaban J connectivity index is 1.46. The third-order valence-corrected chi connectivity index (χ3v) is 3.99. The summed E-state index contributed by atoms with van der Waals surface area (Å²) in [4.78, 5) is 27.4. The molecule has 0 atom stereocenters. The lowest BCUT2D eigenvalue weighted by molar-refractivity contribution is -0.123. The van der Waals surface area contributed by atoms with E-state index < -0.39 is 5.91 Å². The zero-order valence-corrected chi connectivity index (χ0v) is 15.7. The van der Waals surface area contributed by atoms with Gasteiger partial charge in [0.25, 0.3) is 5.91 Å². The number of aromatic nitrogens is 1. The molecule has 148 valence electrons. The molecule has 0 unspecified atom stereocenters. The van der Waals surface area contributed by atoms with Crippen LogP contribution in [0.4, 0.5) is 0 Å². The number of hydrogen-bond donors (Lipinski definition) is 2. The van der Waals surface area contributed by atoms with E-state index in [0.29, 0.717) is 30.2 Å². The van der Waals surface area contributed by atoms with Gasteiger partial charge in [0.2, 0.25) is 5.91 Å². The molecular formula is C22H21N3O4. The van der Waals surface area contributed by atoms with Crippen LogP contribution in [-0.4, -0.2) is 23.4 Å². The van der Waals surface area contributed by atoms with Crippen molar-refractivity contribution in [1.29, 1.82) is 0 Å². The molecule has 1 heterocycles. The van der Waals surface area contributed by atoms with Crippen LogP contribution in [0.5, 0.6) is 11.5 Å². The van der Waals surface area contributed by atoms with Gasteiger partial charge in [0.05, 0.1) is 5.69 Å². The molecule has 2 amide bonds. The first-order valence-electron chi connectivity index (χ1n) is 9.01. The lowest BCUT2D eigenvalue weighted by Crippen LogP contribution is -2.28. The first-order chi connectivity index (χ1) is 14.1. The van der Waals surface area contributed by atoms with Crippen LogP contribution < -0.4 is 20.5 Å². The van der Waals surface area contributed by atoms with E-state index in [1.54, 1.807) is 24.4 Å². The fourth-order valence-electron chi connectivity index (χ4n) is 2.53. The van der Waals surface area contributed by atoms with E-state index in [0.717, 1.165) is 11.3 Å². The summed E-state index contributed by atoms with van der Waals surface area (Å²) in [5.74, 6) is 0.266. The van der Waals surface area contributed by atoms with Gasteiger partial charge in [-0.25, -0.2) is 0 Å². The number of benzene rings is 2. The Kier molecular flexibility index (Phi) is 6.78. The van der Waals surface area contributed by atoms with Crippen molar-refractivity contribution in [1.82, 2.24) is 10.3 Å². The zero-order valence-electron chi connectivity index (χ0n) is 15.7. The summed E-state index contributed by atoms with van der Waals surface area (Å²) in [6, 6.07) is 19.5. The van der Waals surface area contributed by atoms with Crippen LogP contribution in [0.2, 0.25) is 0 Å². The Hall–Kier alpha value is -3.87. The molecule has 0 saturated heterocycles. The number of primary amides is 1. The highest BCUT2D eigenvalue weighted by Gasteiger charge is 2.06. The van der Waals surface area contributed by atoms with E-state index in [1.807, 2.05) is 42.5 Å². The van der Waals surface area contributed by atoms with Crippen molar-refractivity contribution in [2.24, 2.45) is 5.73 Å². The fraction of sp³-hybridized carbons (Fsp3) is 0.136. The van der Waals surface area contributed by atoms with Gasteiger partial charge in [-0.3, -0.25) is 14.6 Å². The Morgan fingerprint density at radius 1 is 0.931 bits per heavy atom. The molecule has 0 spiro atoms. The van der Waals surface area contributed by atoms with Gasteiger partial charge in [-0.1, -0.05) is 24.3 Å². The van der Waals surface area contributed by atoms with Gasteiger partial charge in [-0.15, -0.1) is 0 Å². The van der Waals surface area contributed by atoms with Gasteiger partial charge >= 0.3 is 0 Å². The minimum Gasteiger partial charge on any atom is -0.487 e. The van der Waals surface area contributed by atoms with Crippen LogP contribution in [0.1, 0.15) is 21.6 Å². The van der Waals surface area contributed by atoms with Gasteiger partial charge in [-0.2, -0.15) is 0 Å². The number of amides is 2. The SMILES string of the molecule is NC(=O)c1cccc(OCC(=O)NCc2cccc(OCc3ccccn3)c2)c1. The third kappa shape index (κ3) is 6.35. The van der Waals surface area contributed by atoms with E-state index in [-0.39, 0.29) is 12.5 Å². The number of nitrogens with one attached hydrogen (secondary N) is 1. The number of ether oxygens (including phenoxy) is 2. The molecule has 0 fully saturated rings. The normalized spacial score (nSPS) is 10.2. The average molecular weight is 391 g/mol. The van der Waals surface area contributed by atoms with Crippen molar-refractivity contribution in [3.05, 3.63) is 89.7 Å². The average Bonchev–Trinajstić information content (AvgIpc) is 2.76. The van der Waals surface area contributed by atoms with Crippen LogP contribution in [0.15, 0.2) is 72.9 Å². The van der Waals surface area contributed by atoms with Gasteiger partial charge in [0.15, 0.2) is 6.61 Å². The number of nitrogens with zero attached hydrogens (tertiary/aromatic N) is 1. The Morgan fingerprint density at radius 3 is 2.48 bits per heavy atom. The summed E-state index contributed by atoms with van der Waals surface area (Å²) >= 11 is 0. The van der Waals surface area contributed by atoms with Crippen molar-refractivity contribution in [2.45, 2.75) is 13.2 Å². The standard InChI is InChI=1S/C22H21N3O4/c23-22(27)17-6-4-9-20(12-17)29-15-21(26)25-13-16-5-3-8-19(11-16)28-14-18-7-1-2-10-24-18/h1-12H,13-15H2,(H2,23,27)(H,25,26). The molecule has 2 aromatic carbocycles. The first kappa shape index (κ1) is 19.9. The van der Waals surface area contributed by atoms with Crippen molar-refractivity contribution in [3.8, 4) is 11.5 Å². The molecule has 0 bridgehead atoms. The van der Waals surface area contributed by atoms with E-state index in [1.165, 1.54) is 6.07 Å². The minimum absolute atomic E-state index is 0.169. The van der Waals surface area contributed by atoms with Crippen molar-refractivity contribution in [2.75, 3.05) is 6.61 Å². The summed E-state index contributed by atoms with van der Waals surface area (Å²) in [5.41, 5.74) is 7.29. The van der Waals surface area contributed by atoms with Crippen LogP contribution in [0.3, 0.4) is 0 Å². The van der Waals surface area contributed by atoms with Crippen LogP contribution in [-0.2, 0) is 17.9 Å². The molecule has 0 aliphatic heterocycles. The van der Waals surface area contributed by atoms with Crippen LogP contribution in [0, 0.1) is 0 Å². The maximum atomic E-state index is 12.0. The minimum atomic E-state index is -0.551. The molecule has 3 aromatic rings. The topological polar surface area (TPSA) is 104 Å². The molecule has 0 saturated carbocycles. The molecule has 0 aliphatic carbocycles. The number of hydrogen-bond acceptors (Lipinski definition) is 5. The number of rotatable bonds is 9. The molecule has 0 aliphatic rings. The Labute approximate surface area is 168 Å². The van der Waals surface area contributed by atoms with E-state index in [2.05, 4.69) is 10.3 Å². The maximum absolute atomic E-state index is 12.0. The highest BCUT2D eigenvalue weighted by Crippen LogP contribution is 2.15. The largest absolute Gasteiger partial charge is 0.487 e. The van der Waals surface area contributed by atoms with E-state index in [4.69, 9.17) is 15.2 Å². The van der Waals surface area contributed by atoms with Crippen LogP contribution in [0.25, 0.3) is 0 Å². The fourth-order valence-corrected chi connectivity index (χ4v) is 2.53. The quantitative estimate of drug-likeness (QED) is 0.583. The number of carbonyl (C=O) groups is 2. The van der Waals surface area contributed by atoms with Crippen LogP contribution >= 0.6 is 0 Å². The molecule has 29 heavy (non-hydrogen) atoms. The first-order valence-corrected chi connectivity index (χ1v) is 9.01. The molecule has 1 aromatic heterocycles. The van der Waals surface area contributed by atoms with Gasteiger partial charge in [0.1, 0.15) is 18.1 Å². The van der Waals surface area contributed by atoms with E-state index >= 15 is 0 Å². The number of carbonyl (C=O) groups excluding carboxylic acids is 2. The highest BCUT2D eigenvalue weighted by atomic mass is 16.5. The summed E-state index contributed by atoms with van der Waals surface area (Å²) in [6.07, 6.45) is 1.72. The van der Waals surface area contributed by atoms with Gasteiger partial charge < -0.3 is 20.5 Å². The second kappa shape index (κ2) is 9.89. The summed E-state index contributed by atoms with van der Waals surface area (Å²) < 4.78 is 11.1. The second-order valence-electron chi connectivity index (χ2n) is 6.21. The summed E-state index contributed by atoms with van der Waals surface area (Å²) in [5, 5.41) is 2.78. The number of pyridine rings is 1. The second-order valence-corrected chi connectivity index (χ2v) is 6.21. The monoisotopic (exact) mass is 391 g/mol. The van der Waals surface area contributed by atoms with Crippen molar-refractivity contribution >= 4 is 11.8 Å². The van der Waals surface area contributed by atoms with Crippen molar-refractivity contribution in [3.63, 3.8) is 0 Å². The van der Waals surface area contributed by atoms with Gasteiger partial charge in [-0.05, 0) is 48.0 Å². The smallest absolute Gasteiger partial charge is 0.258 e. The molecule has 3 N–H and O–H groups in total. The summed E-state index contributed by atoms with van der Waals surface area (Å²) in [6.45, 7) is 0.539. The van der Waals surface area contributed by atoms with Gasteiger partial charge in [0, 0.05) is 18.3 Å². The lowest BCUT2D eigenvalue weighted by atomic mass is 10.2. The maximum Gasteiger partial charge on any atom is 0.258 e. The molecule has 0 radical (unpaired) electrons. The predicted molar refractivity (Wildman–Crippen MR) is 107 cm³/mol. The zero-order chi connectivity index (χ0) is 20.5. The molecular weight excluding hydrogens is 370 g/mol. The highest BCUT2D eigenvalue weighted by molar-refractivity contribution is 5.93. The molecule has 7 nitrogen and oxygen atoms in total. The number of nitrogens with two attached hydrogens (primary N) is 1. The predicted octanol–water partition coefficient (Wildman–Crippen LogP) is 2.45. The Morgan fingerprint density at radius 2 is 1.72 bits per heavy atom. The lowest BCUT2D eigenvalue weighted by Gasteiger charge is -2.10. The van der Waals surface area contributed by atoms with Crippen molar-refractivity contribution < 1.29 is 19.1 Å². The molecule has 3 rings (SSSR count). The van der Waals surface area contributed by atoms with E-state index in [9.17, 15) is 9.59 Å². The summed E-state index contributed by atoms with van der Waals surface area (Å²) in [7, 11) is 0. The molecule has 7 heteroatoms.